The van der Waals surface area contributed by atoms with Crippen molar-refractivity contribution >= 4 is 23.4 Å². The third-order valence-corrected chi connectivity index (χ3v) is 5.20. The van der Waals surface area contributed by atoms with Crippen LogP contribution in [0.1, 0.15) is 16.7 Å². The Morgan fingerprint density at radius 3 is 2.48 bits per heavy atom. The summed E-state index contributed by atoms with van der Waals surface area (Å²) >= 11 is 1.62. The van der Waals surface area contributed by atoms with Gasteiger partial charge in [-0.25, -0.2) is 0 Å². The molecular weight excluding hydrogens is 354 g/mol. The largest absolute Gasteiger partial charge is 0.367 e. The van der Waals surface area contributed by atoms with E-state index < -0.39 is 0 Å². The predicted octanol–water partition coefficient (Wildman–Crippen LogP) is 5.61. The number of hydrogen-bond acceptors (Lipinski definition) is 3. The SMILES string of the molecule is Cc1ccc(COCC(=O)Nc2ccccc2Sc2ccccc2)c(C)c1. The Bertz CT molecular complexity index is 909. The fourth-order valence-electron chi connectivity index (χ4n) is 2.72. The average Bonchev–Trinajstić information content (AvgIpc) is 2.66. The Kier molecular flexibility index (Phi) is 6.69. The molecule has 0 atom stereocenters. The molecule has 0 aliphatic carbocycles. The van der Waals surface area contributed by atoms with Gasteiger partial charge in [-0.05, 0) is 49.2 Å². The Balaban J connectivity index is 1.56. The minimum Gasteiger partial charge on any atom is -0.367 e. The van der Waals surface area contributed by atoms with Crippen LogP contribution in [-0.4, -0.2) is 12.5 Å². The number of carbonyl (C=O) groups excluding carboxylic acids is 1. The van der Waals surface area contributed by atoms with Gasteiger partial charge in [-0.2, -0.15) is 0 Å². The molecule has 138 valence electrons. The van der Waals surface area contributed by atoms with Crippen molar-refractivity contribution in [2.24, 2.45) is 0 Å². The predicted molar refractivity (Wildman–Crippen MR) is 111 cm³/mol. The molecule has 0 saturated carbocycles. The minimum absolute atomic E-state index is 0.0255. The van der Waals surface area contributed by atoms with Crippen molar-refractivity contribution in [3.05, 3.63) is 89.5 Å². The third kappa shape index (κ3) is 5.71. The molecule has 0 saturated heterocycles. The van der Waals surface area contributed by atoms with Gasteiger partial charge in [-0.3, -0.25) is 4.79 Å². The van der Waals surface area contributed by atoms with E-state index in [1.165, 1.54) is 11.1 Å². The zero-order valence-corrected chi connectivity index (χ0v) is 16.4. The Labute approximate surface area is 164 Å². The van der Waals surface area contributed by atoms with E-state index in [4.69, 9.17) is 4.74 Å². The van der Waals surface area contributed by atoms with Gasteiger partial charge in [0, 0.05) is 9.79 Å². The first-order chi connectivity index (χ1) is 13.1. The fraction of sp³-hybridized carbons (Fsp3) is 0.174. The van der Waals surface area contributed by atoms with Crippen LogP contribution in [0.25, 0.3) is 0 Å². The summed E-state index contributed by atoms with van der Waals surface area (Å²) in [6, 6.07) is 24.1. The monoisotopic (exact) mass is 377 g/mol. The molecule has 3 rings (SSSR count). The second-order valence-electron chi connectivity index (χ2n) is 6.38. The third-order valence-electron chi connectivity index (χ3n) is 4.12. The molecule has 0 radical (unpaired) electrons. The highest BCUT2D eigenvalue weighted by Gasteiger charge is 2.09. The molecule has 3 nitrogen and oxygen atoms in total. The van der Waals surface area contributed by atoms with Crippen LogP contribution in [0.15, 0.2) is 82.6 Å². The maximum Gasteiger partial charge on any atom is 0.250 e. The van der Waals surface area contributed by atoms with Gasteiger partial charge < -0.3 is 10.1 Å². The number of hydrogen-bond donors (Lipinski definition) is 1. The molecule has 0 bridgehead atoms. The number of benzene rings is 3. The number of ether oxygens (including phenoxy) is 1. The molecule has 0 aliphatic rings. The molecular formula is C23H23NO2S. The first-order valence-electron chi connectivity index (χ1n) is 8.87. The maximum absolute atomic E-state index is 12.3. The van der Waals surface area contributed by atoms with E-state index in [2.05, 4.69) is 43.4 Å². The van der Waals surface area contributed by atoms with Crippen LogP contribution >= 0.6 is 11.8 Å². The number of nitrogens with one attached hydrogen (secondary N) is 1. The molecule has 27 heavy (non-hydrogen) atoms. The molecule has 3 aromatic rings. The van der Waals surface area contributed by atoms with Crippen LogP contribution < -0.4 is 5.32 Å². The van der Waals surface area contributed by atoms with Crippen molar-refractivity contribution in [3.8, 4) is 0 Å². The van der Waals surface area contributed by atoms with Crippen molar-refractivity contribution < 1.29 is 9.53 Å². The molecule has 3 aromatic carbocycles. The van der Waals surface area contributed by atoms with Crippen molar-refractivity contribution in [1.82, 2.24) is 0 Å². The van der Waals surface area contributed by atoms with Crippen LogP contribution in [0.3, 0.4) is 0 Å². The van der Waals surface area contributed by atoms with Gasteiger partial charge in [0.15, 0.2) is 0 Å². The highest BCUT2D eigenvalue weighted by atomic mass is 32.2. The Hall–Kier alpha value is -2.56. The summed E-state index contributed by atoms with van der Waals surface area (Å²) in [6.45, 7) is 4.58. The summed E-state index contributed by atoms with van der Waals surface area (Å²) in [7, 11) is 0. The lowest BCUT2D eigenvalue weighted by molar-refractivity contribution is -0.121. The molecule has 0 unspecified atom stereocenters. The zero-order chi connectivity index (χ0) is 19.1. The average molecular weight is 378 g/mol. The first kappa shape index (κ1) is 19.2. The molecule has 0 fully saturated rings. The summed E-state index contributed by atoms with van der Waals surface area (Å²) in [6.07, 6.45) is 0. The van der Waals surface area contributed by atoms with Gasteiger partial charge in [-0.15, -0.1) is 0 Å². The number of amides is 1. The Morgan fingerprint density at radius 2 is 1.70 bits per heavy atom. The van der Waals surface area contributed by atoms with E-state index in [-0.39, 0.29) is 12.5 Å². The minimum atomic E-state index is -0.152. The lowest BCUT2D eigenvalue weighted by atomic mass is 10.1. The quantitative estimate of drug-likeness (QED) is 0.581. The highest BCUT2D eigenvalue weighted by molar-refractivity contribution is 7.99. The molecule has 0 aliphatic heterocycles. The van der Waals surface area contributed by atoms with Crippen molar-refractivity contribution in [1.29, 1.82) is 0 Å². The topological polar surface area (TPSA) is 38.3 Å². The number of aryl methyl sites for hydroxylation is 2. The van der Waals surface area contributed by atoms with E-state index in [0.29, 0.717) is 6.61 Å². The van der Waals surface area contributed by atoms with Crippen LogP contribution in [0.5, 0.6) is 0 Å². The van der Waals surface area contributed by atoms with E-state index in [9.17, 15) is 4.79 Å². The normalized spacial score (nSPS) is 10.6. The highest BCUT2D eigenvalue weighted by Crippen LogP contribution is 2.33. The van der Waals surface area contributed by atoms with Gasteiger partial charge in [-0.1, -0.05) is 65.9 Å². The van der Waals surface area contributed by atoms with Crippen molar-refractivity contribution in [2.75, 3.05) is 11.9 Å². The zero-order valence-electron chi connectivity index (χ0n) is 15.6. The van der Waals surface area contributed by atoms with E-state index in [1.807, 2.05) is 48.5 Å². The fourth-order valence-corrected chi connectivity index (χ4v) is 3.64. The molecule has 1 amide bonds. The van der Waals surface area contributed by atoms with Crippen molar-refractivity contribution in [3.63, 3.8) is 0 Å². The summed E-state index contributed by atoms with van der Waals surface area (Å²) < 4.78 is 5.61. The molecule has 0 spiro atoms. The maximum atomic E-state index is 12.3. The molecule has 1 N–H and O–H groups in total. The van der Waals surface area contributed by atoms with Crippen LogP contribution in [0, 0.1) is 13.8 Å². The molecule has 0 heterocycles. The standard InChI is InChI=1S/C23H23NO2S/c1-17-12-13-19(18(2)14-17)15-26-16-23(25)24-21-10-6-7-11-22(21)27-20-8-4-3-5-9-20/h3-14H,15-16H2,1-2H3,(H,24,25). The summed E-state index contributed by atoms with van der Waals surface area (Å²) in [4.78, 5) is 14.4. The second kappa shape index (κ2) is 9.40. The number of rotatable bonds is 7. The van der Waals surface area contributed by atoms with Gasteiger partial charge in [0.25, 0.3) is 0 Å². The van der Waals surface area contributed by atoms with Gasteiger partial charge in [0.2, 0.25) is 5.91 Å². The molecule has 4 heteroatoms. The smallest absolute Gasteiger partial charge is 0.250 e. The number of para-hydroxylation sites is 1. The van der Waals surface area contributed by atoms with Crippen LogP contribution in [0.4, 0.5) is 5.69 Å². The van der Waals surface area contributed by atoms with E-state index in [0.717, 1.165) is 21.0 Å². The summed E-state index contributed by atoms with van der Waals surface area (Å²) in [5, 5.41) is 2.96. The van der Waals surface area contributed by atoms with Crippen LogP contribution in [0.2, 0.25) is 0 Å². The molecule has 0 aromatic heterocycles. The van der Waals surface area contributed by atoms with E-state index in [1.54, 1.807) is 11.8 Å². The summed E-state index contributed by atoms with van der Waals surface area (Å²) in [5.41, 5.74) is 4.31. The van der Waals surface area contributed by atoms with Crippen molar-refractivity contribution in [2.45, 2.75) is 30.2 Å². The first-order valence-corrected chi connectivity index (χ1v) is 9.69. The Morgan fingerprint density at radius 1 is 0.963 bits per heavy atom. The van der Waals surface area contributed by atoms with Gasteiger partial charge in [0.05, 0.1) is 12.3 Å². The van der Waals surface area contributed by atoms with Crippen LogP contribution in [-0.2, 0) is 16.1 Å². The van der Waals surface area contributed by atoms with Gasteiger partial charge >= 0.3 is 0 Å². The lowest BCUT2D eigenvalue weighted by Crippen LogP contribution is -2.18. The van der Waals surface area contributed by atoms with E-state index >= 15 is 0 Å². The second-order valence-corrected chi connectivity index (χ2v) is 7.50. The number of anilines is 1. The summed E-state index contributed by atoms with van der Waals surface area (Å²) in [5.74, 6) is -0.152. The van der Waals surface area contributed by atoms with Gasteiger partial charge in [0.1, 0.15) is 6.61 Å². The number of carbonyl (C=O) groups is 1. The lowest BCUT2D eigenvalue weighted by Gasteiger charge is -2.12.